The van der Waals surface area contributed by atoms with Crippen LogP contribution in [0.1, 0.15) is 6.92 Å². The predicted molar refractivity (Wildman–Crippen MR) is 53.0 cm³/mol. The molecule has 0 saturated carbocycles. The highest BCUT2D eigenvalue weighted by molar-refractivity contribution is 5.99. The van der Waals surface area contributed by atoms with Gasteiger partial charge in [0.2, 0.25) is 5.91 Å². The van der Waals surface area contributed by atoms with Crippen molar-refractivity contribution in [3.63, 3.8) is 0 Å². The summed E-state index contributed by atoms with van der Waals surface area (Å²) in [5.74, 6) is -0.203. The van der Waals surface area contributed by atoms with Gasteiger partial charge in [-0.1, -0.05) is 18.2 Å². The van der Waals surface area contributed by atoms with E-state index in [0.29, 0.717) is 5.70 Å². The van der Waals surface area contributed by atoms with Gasteiger partial charge in [-0.3, -0.25) is 4.79 Å². The monoisotopic (exact) mass is 176 g/mol. The molecule has 0 saturated heterocycles. The second-order valence-corrected chi connectivity index (χ2v) is 2.74. The minimum Gasteiger partial charge on any atom is -0.402 e. The minimum absolute atomic E-state index is 0.203. The van der Waals surface area contributed by atoms with E-state index in [-0.39, 0.29) is 5.91 Å². The van der Waals surface area contributed by atoms with Gasteiger partial charge >= 0.3 is 0 Å². The third kappa shape index (κ3) is 3.42. The number of benzene rings is 1. The maximum Gasteiger partial charge on any atom is 0.250 e. The van der Waals surface area contributed by atoms with Crippen molar-refractivity contribution in [3.8, 4) is 0 Å². The van der Waals surface area contributed by atoms with E-state index in [0.717, 1.165) is 5.69 Å². The van der Waals surface area contributed by atoms with Crippen molar-refractivity contribution in [1.29, 1.82) is 0 Å². The molecule has 1 rings (SSSR count). The van der Waals surface area contributed by atoms with Gasteiger partial charge in [0.05, 0.1) is 0 Å². The highest BCUT2D eigenvalue weighted by atomic mass is 16.1. The summed E-state index contributed by atoms with van der Waals surface area (Å²) in [6.07, 6.45) is 1.35. The van der Waals surface area contributed by atoms with Gasteiger partial charge in [0, 0.05) is 17.5 Å². The Hall–Kier alpha value is -1.77. The SMILES string of the molecule is CC(N)=CC(=O)Nc1ccccc1. The summed E-state index contributed by atoms with van der Waals surface area (Å²) in [7, 11) is 0. The van der Waals surface area contributed by atoms with Crippen molar-refractivity contribution in [2.45, 2.75) is 6.92 Å². The summed E-state index contributed by atoms with van der Waals surface area (Å²) in [6, 6.07) is 9.23. The number of rotatable bonds is 2. The molecule has 13 heavy (non-hydrogen) atoms. The molecule has 1 aromatic rings. The van der Waals surface area contributed by atoms with Crippen molar-refractivity contribution < 1.29 is 4.79 Å². The highest BCUT2D eigenvalue weighted by Gasteiger charge is 1.96. The molecule has 0 aliphatic heterocycles. The van der Waals surface area contributed by atoms with Gasteiger partial charge in [0.25, 0.3) is 0 Å². The molecule has 0 spiro atoms. The topological polar surface area (TPSA) is 55.1 Å². The number of allylic oxidation sites excluding steroid dienone is 1. The lowest BCUT2D eigenvalue weighted by Crippen LogP contribution is -2.10. The molecule has 0 radical (unpaired) electrons. The van der Waals surface area contributed by atoms with Crippen molar-refractivity contribution in [2.75, 3.05) is 5.32 Å². The van der Waals surface area contributed by atoms with E-state index < -0.39 is 0 Å². The Morgan fingerprint density at radius 2 is 2.00 bits per heavy atom. The fourth-order valence-corrected chi connectivity index (χ4v) is 0.907. The van der Waals surface area contributed by atoms with Crippen LogP contribution in [0.25, 0.3) is 0 Å². The van der Waals surface area contributed by atoms with Crippen LogP contribution in [0.15, 0.2) is 42.1 Å². The Balaban J connectivity index is 2.61. The predicted octanol–water partition coefficient (Wildman–Crippen LogP) is 1.49. The number of anilines is 1. The van der Waals surface area contributed by atoms with E-state index >= 15 is 0 Å². The quantitative estimate of drug-likeness (QED) is 0.671. The fraction of sp³-hybridized carbons (Fsp3) is 0.100. The number of nitrogens with one attached hydrogen (secondary N) is 1. The number of para-hydroxylation sites is 1. The van der Waals surface area contributed by atoms with Crippen molar-refractivity contribution in [3.05, 3.63) is 42.1 Å². The lowest BCUT2D eigenvalue weighted by molar-refractivity contribution is -0.111. The summed E-state index contributed by atoms with van der Waals surface area (Å²) >= 11 is 0. The van der Waals surface area contributed by atoms with Gasteiger partial charge in [-0.2, -0.15) is 0 Å². The Kier molecular flexibility index (Phi) is 3.09. The zero-order chi connectivity index (χ0) is 9.68. The third-order valence-corrected chi connectivity index (χ3v) is 1.40. The van der Waals surface area contributed by atoms with E-state index in [1.807, 2.05) is 30.3 Å². The number of hydrogen-bond acceptors (Lipinski definition) is 2. The average molecular weight is 176 g/mol. The zero-order valence-electron chi connectivity index (χ0n) is 7.45. The maximum absolute atomic E-state index is 11.2. The van der Waals surface area contributed by atoms with E-state index in [4.69, 9.17) is 5.73 Å². The molecule has 0 heterocycles. The largest absolute Gasteiger partial charge is 0.402 e. The molecule has 3 heteroatoms. The number of nitrogens with two attached hydrogens (primary N) is 1. The number of hydrogen-bond donors (Lipinski definition) is 2. The third-order valence-electron chi connectivity index (χ3n) is 1.40. The Bertz CT molecular complexity index is 313. The lowest BCUT2D eigenvalue weighted by atomic mass is 10.3. The van der Waals surface area contributed by atoms with Gasteiger partial charge < -0.3 is 11.1 Å². The molecular weight excluding hydrogens is 164 g/mol. The Labute approximate surface area is 77.3 Å². The van der Waals surface area contributed by atoms with E-state index in [9.17, 15) is 4.79 Å². The molecule has 0 atom stereocenters. The van der Waals surface area contributed by atoms with Crippen LogP contribution in [0.3, 0.4) is 0 Å². The van der Waals surface area contributed by atoms with Gasteiger partial charge in [0.1, 0.15) is 0 Å². The van der Waals surface area contributed by atoms with Crippen LogP contribution >= 0.6 is 0 Å². The molecule has 0 aliphatic carbocycles. The molecule has 0 aromatic heterocycles. The van der Waals surface area contributed by atoms with Gasteiger partial charge in [0.15, 0.2) is 0 Å². The van der Waals surface area contributed by atoms with Crippen molar-refractivity contribution in [2.24, 2.45) is 5.73 Å². The van der Waals surface area contributed by atoms with Crippen LogP contribution in [0, 0.1) is 0 Å². The minimum atomic E-state index is -0.203. The summed E-state index contributed by atoms with van der Waals surface area (Å²) in [5.41, 5.74) is 6.61. The van der Waals surface area contributed by atoms with Crippen LogP contribution in [0.5, 0.6) is 0 Å². The molecule has 0 aliphatic rings. The first-order chi connectivity index (χ1) is 6.18. The van der Waals surface area contributed by atoms with Gasteiger partial charge in [-0.05, 0) is 19.1 Å². The van der Waals surface area contributed by atoms with E-state index in [2.05, 4.69) is 5.32 Å². The first-order valence-electron chi connectivity index (χ1n) is 3.98. The smallest absolute Gasteiger partial charge is 0.250 e. The molecule has 1 aromatic carbocycles. The first kappa shape index (κ1) is 9.32. The number of carbonyl (C=O) groups excluding carboxylic acids is 1. The molecule has 3 nitrogen and oxygen atoms in total. The zero-order valence-corrected chi connectivity index (χ0v) is 7.45. The second kappa shape index (κ2) is 4.30. The van der Waals surface area contributed by atoms with E-state index in [1.54, 1.807) is 6.92 Å². The Morgan fingerprint density at radius 3 is 2.54 bits per heavy atom. The van der Waals surface area contributed by atoms with Crippen LogP contribution in [-0.2, 0) is 4.79 Å². The average Bonchev–Trinajstić information content (AvgIpc) is 2.04. The normalized spacial score (nSPS) is 11.0. The van der Waals surface area contributed by atoms with Crippen LogP contribution in [-0.4, -0.2) is 5.91 Å². The van der Waals surface area contributed by atoms with Crippen LogP contribution < -0.4 is 11.1 Å². The summed E-state index contributed by atoms with van der Waals surface area (Å²) < 4.78 is 0. The number of carbonyl (C=O) groups is 1. The lowest BCUT2D eigenvalue weighted by Gasteiger charge is -2.00. The maximum atomic E-state index is 11.2. The molecular formula is C10H12N2O. The molecule has 1 amide bonds. The summed E-state index contributed by atoms with van der Waals surface area (Å²) in [5, 5.41) is 2.68. The highest BCUT2D eigenvalue weighted by Crippen LogP contribution is 2.04. The summed E-state index contributed by atoms with van der Waals surface area (Å²) in [4.78, 5) is 11.2. The number of amides is 1. The summed E-state index contributed by atoms with van der Waals surface area (Å²) in [6.45, 7) is 1.67. The molecule has 0 fully saturated rings. The fourth-order valence-electron chi connectivity index (χ4n) is 0.907. The second-order valence-electron chi connectivity index (χ2n) is 2.74. The van der Waals surface area contributed by atoms with E-state index in [1.165, 1.54) is 6.08 Å². The molecule has 0 bridgehead atoms. The van der Waals surface area contributed by atoms with Crippen LogP contribution in [0.2, 0.25) is 0 Å². The van der Waals surface area contributed by atoms with Crippen molar-refractivity contribution >= 4 is 11.6 Å². The standard InChI is InChI=1S/C10H12N2O/c1-8(11)7-10(13)12-9-5-3-2-4-6-9/h2-7H,11H2,1H3,(H,12,13). The van der Waals surface area contributed by atoms with Crippen molar-refractivity contribution in [1.82, 2.24) is 0 Å². The molecule has 68 valence electrons. The first-order valence-corrected chi connectivity index (χ1v) is 3.98. The van der Waals surface area contributed by atoms with Gasteiger partial charge in [-0.15, -0.1) is 0 Å². The Morgan fingerprint density at radius 1 is 1.38 bits per heavy atom. The van der Waals surface area contributed by atoms with Gasteiger partial charge in [-0.25, -0.2) is 0 Å². The molecule has 3 N–H and O–H groups in total. The molecule has 0 unspecified atom stereocenters. The van der Waals surface area contributed by atoms with Crippen LogP contribution in [0.4, 0.5) is 5.69 Å².